The maximum atomic E-state index is 12.0. The van der Waals surface area contributed by atoms with Crippen LogP contribution in [0.25, 0.3) is 0 Å². The second-order valence-electron chi connectivity index (χ2n) is 6.16. The number of urea groups is 1. The second kappa shape index (κ2) is 11.1. The molecule has 9 heteroatoms. The normalized spacial score (nSPS) is 11.0. The highest BCUT2D eigenvalue weighted by atomic mass is 19.4. The van der Waals surface area contributed by atoms with Crippen molar-refractivity contribution in [1.82, 2.24) is 16.0 Å². The van der Waals surface area contributed by atoms with Gasteiger partial charge in [-0.1, -0.05) is 42.5 Å². The van der Waals surface area contributed by atoms with Crippen LogP contribution < -0.4 is 16.0 Å². The maximum absolute atomic E-state index is 12.0. The van der Waals surface area contributed by atoms with Gasteiger partial charge in [0.15, 0.2) is 0 Å². The number of hydrogen-bond donors (Lipinski definition) is 3. The highest BCUT2D eigenvalue weighted by Crippen LogP contribution is 2.15. The molecule has 0 aliphatic rings. The van der Waals surface area contributed by atoms with Gasteiger partial charge in [0.2, 0.25) is 0 Å². The predicted octanol–water partition coefficient (Wildman–Crippen LogP) is 2.99. The summed E-state index contributed by atoms with van der Waals surface area (Å²) in [5, 5.41) is 7.98. The Morgan fingerprint density at radius 1 is 0.828 bits per heavy atom. The van der Waals surface area contributed by atoms with Crippen LogP contribution in [0, 0.1) is 0 Å². The number of rotatable bonds is 9. The molecule has 6 nitrogen and oxygen atoms in total. The van der Waals surface area contributed by atoms with Crippen molar-refractivity contribution in [3.05, 3.63) is 71.3 Å². The van der Waals surface area contributed by atoms with Crippen LogP contribution in [-0.4, -0.2) is 37.8 Å². The van der Waals surface area contributed by atoms with E-state index in [9.17, 15) is 22.8 Å². The van der Waals surface area contributed by atoms with Crippen molar-refractivity contribution in [2.24, 2.45) is 0 Å². The lowest BCUT2D eigenvalue weighted by molar-refractivity contribution is -0.176. The summed E-state index contributed by atoms with van der Waals surface area (Å²) in [6.45, 7) is -0.621. The van der Waals surface area contributed by atoms with E-state index >= 15 is 0 Å². The summed E-state index contributed by atoms with van der Waals surface area (Å²) in [4.78, 5) is 23.6. The second-order valence-corrected chi connectivity index (χ2v) is 6.16. The van der Waals surface area contributed by atoms with E-state index in [1.807, 2.05) is 6.07 Å². The summed E-state index contributed by atoms with van der Waals surface area (Å²) in [6, 6.07) is 15.0. The molecule has 0 heterocycles. The molecule has 3 N–H and O–H groups in total. The molecular weight excluding hydrogens is 387 g/mol. The van der Waals surface area contributed by atoms with Crippen LogP contribution in [-0.2, 0) is 17.9 Å². The van der Waals surface area contributed by atoms with Gasteiger partial charge < -0.3 is 20.7 Å². The lowest BCUT2D eigenvalue weighted by atomic mass is 10.1. The molecule has 0 spiro atoms. The summed E-state index contributed by atoms with van der Waals surface area (Å²) < 4.78 is 40.7. The van der Waals surface area contributed by atoms with Crippen molar-refractivity contribution < 1.29 is 27.5 Å². The molecule has 0 atom stereocenters. The Morgan fingerprint density at radius 3 is 2.10 bits per heavy atom. The summed E-state index contributed by atoms with van der Waals surface area (Å²) in [5.74, 6) is -0.216. The minimum atomic E-state index is -4.35. The maximum Gasteiger partial charge on any atom is 0.411 e. The molecule has 3 amide bonds. The van der Waals surface area contributed by atoms with E-state index in [0.29, 0.717) is 11.1 Å². The highest BCUT2D eigenvalue weighted by molar-refractivity contribution is 5.94. The molecule has 0 aliphatic carbocycles. The first kappa shape index (κ1) is 22.2. The number of hydrogen-bond acceptors (Lipinski definition) is 3. The smallest absolute Gasteiger partial charge is 0.367 e. The zero-order valence-corrected chi connectivity index (χ0v) is 15.6. The van der Waals surface area contributed by atoms with Crippen molar-refractivity contribution in [3.8, 4) is 0 Å². The average Bonchev–Trinajstić information content (AvgIpc) is 2.70. The van der Waals surface area contributed by atoms with Gasteiger partial charge in [0.1, 0.15) is 6.61 Å². The van der Waals surface area contributed by atoms with Crippen LogP contribution in [0.15, 0.2) is 54.6 Å². The molecule has 29 heavy (non-hydrogen) atoms. The molecule has 156 valence electrons. The van der Waals surface area contributed by atoms with Crippen LogP contribution in [0.4, 0.5) is 18.0 Å². The first-order valence-electron chi connectivity index (χ1n) is 8.91. The third-order valence-corrected chi connectivity index (χ3v) is 3.74. The van der Waals surface area contributed by atoms with Crippen molar-refractivity contribution in [3.63, 3.8) is 0 Å². The first-order chi connectivity index (χ1) is 13.8. The molecular formula is C20H22F3N3O3. The van der Waals surface area contributed by atoms with Gasteiger partial charge in [-0.15, -0.1) is 0 Å². The Labute approximate surface area is 166 Å². The fourth-order valence-electron chi connectivity index (χ4n) is 2.33. The molecule has 2 rings (SSSR count). The SMILES string of the molecule is O=C(NCCNC(=O)c1ccccc1)NCc1ccc(COCC(F)(F)F)cc1. The molecule has 2 aromatic rings. The standard InChI is InChI=1S/C20H22F3N3O3/c21-20(22,23)14-29-13-16-8-6-15(7-9-16)12-26-19(28)25-11-10-24-18(27)17-4-2-1-3-5-17/h1-9H,10-14H2,(H,24,27)(H2,25,26,28). The fourth-order valence-corrected chi connectivity index (χ4v) is 2.33. The number of carbonyl (C=O) groups is 2. The van der Waals surface area contributed by atoms with Gasteiger partial charge in [-0.3, -0.25) is 4.79 Å². The van der Waals surface area contributed by atoms with E-state index in [1.54, 1.807) is 48.5 Å². The topological polar surface area (TPSA) is 79.5 Å². The summed E-state index contributed by atoms with van der Waals surface area (Å²) in [6.07, 6.45) is -4.35. The van der Waals surface area contributed by atoms with Gasteiger partial charge in [-0.25, -0.2) is 4.79 Å². The number of carbonyl (C=O) groups excluding carboxylic acids is 2. The van der Waals surface area contributed by atoms with Crippen molar-refractivity contribution in [2.45, 2.75) is 19.3 Å². The molecule has 0 radical (unpaired) electrons. The van der Waals surface area contributed by atoms with Crippen LogP contribution in [0.3, 0.4) is 0 Å². The lowest BCUT2D eigenvalue weighted by Crippen LogP contribution is -2.40. The minimum absolute atomic E-state index is 0.137. The summed E-state index contributed by atoms with van der Waals surface area (Å²) >= 11 is 0. The number of amides is 3. The first-order valence-corrected chi connectivity index (χ1v) is 8.91. The third-order valence-electron chi connectivity index (χ3n) is 3.74. The highest BCUT2D eigenvalue weighted by Gasteiger charge is 2.27. The fraction of sp³-hybridized carbons (Fsp3) is 0.300. The number of alkyl halides is 3. The van der Waals surface area contributed by atoms with E-state index in [2.05, 4.69) is 20.7 Å². The van der Waals surface area contributed by atoms with E-state index in [4.69, 9.17) is 0 Å². The van der Waals surface area contributed by atoms with Crippen LogP contribution >= 0.6 is 0 Å². The Morgan fingerprint density at radius 2 is 1.45 bits per heavy atom. The largest absolute Gasteiger partial charge is 0.411 e. The van der Waals surface area contributed by atoms with Crippen molar-refractivity contribution in [2.75, 3.05) is 19.7 Å². The van der Waals surface area contributed by atoms with Gasteiger partial charge in [0, 0.05) is 25.2 Å². The van der Waals surface area contributed by atoms with Crippen molar-refractivity contribution in [1.29, 1.82) is 0 Å². The Hall–Kier alpha value is -3.07. The number of benzene rings is 2. The van der Waals surface area contributed by atoms with Gasteiger partial charge in [0.25, 0.3) is 5.91 Å². The monoisotopic (exact) mass is 409 g/mol. The molecule has 0 saturated carbocycles. The lowest BCUT2D eigenvalue weighted by Gasteiger charge is -2.10. The molecule has 0 saturated heterocycles. The quantitative estimate of drug-likeness (QED) is 0.557. The molecule has 0 aliphatic heterocycles. The minimum Gasteiger partial charge on any atom is -0.367 e. The average molecular weight is 409 g/mol. The van der Waals surface area contributed by atoms with Gasteiger partial charge in [-0.05, 0) is 23.3 Å². The van der Waals surface area contributed by atoms with Crippen LogP contribution in [0.2, 0.25) is 0 Å². The van der Waals surface area contributed by atoms with E-state index in [1.165, 1.54) is 0 Å². The molecule has 0 unspecified atom stereocenters. The van der Waals surface area contributed by atoms with Crippen molar-refractivity contribution >= 4 is 11.9 Å². The number of ether oxygens (including phenoxy) is 1. The van der Waals surface area contributed by atoms with E-state index < -0.39 is 18.8 Å². The zero-order valence-electron chi connectivity index (χ0n) is 15.6. The number of halogens is 3. The summed E-state index contributed by atoms with van der Waals surface area (Å²) in [5.41, 5.74) is 1.94. The zero-order chi connectivity index (χ0) is 21.1. The Kier molecular flexibility index (Phi) is 8.47. The van der Waals surface area contributed by atoms with Crippen LogP contribution in [0.5, 0.6) is 0 Å². The Bertz CT molecular complexity index is 781. The molecule has 0 fully saturated rings. The predicted molar refractivity (Wildman–Crippen MR) is 101 cm³/mol. The Balaban J connectivity index is 1.60. The summed E-state index contributed by atoms with van der Waals surface area (Å²) in [7, 11) is 0. The van der Waals surface area contributed by atoms with E-state index in [-0.39, 0.29) is 32.1 Å². The number of nitrogens with one attached hydrogen (secondary N) is 3. The van der Waals surface area contributed by atoms with Gasteiger partial charge in [0.05, 0.1) is 6.61 Å². The van der Waals surface area contributed by atoms with Crippen LogP contribution in [0.1, 0.15) is 21.5 Å². The molecule has 0 aromatic heterocycles. The van der Waals surface area contributed by atoms with Gasteiger partial charge >= 0.3 is 12.2 Å². The van der Waals surface area contributed by atoms with E-state index in [0.717, 1.165) is 5.56 Å². The molecule has 2 aromatic carbocycles. The third kappa shape index (κ3) is 9.11. The van der Waals surface area contributed by atoms with Gasteiger partial charge in [-0.2, -0.15) is 13.2 Å². The molecule has 0 bridgehead atoms.